The Hall–Kier alpha value is -8.52. The first kappa shape index (κ1) is 36.9. The summed E-state index contributed by atoms with van der Waals surface area (Å²) in [5.74, 6) is 0. The van der Waals surface area contributed by atoms with Gasteiger partial charge in [0.05, 0.1) is 22.5 Å². The molecule has 1 unspecified atom stereocenters. The van der Waals surface area contributed by atoms with Crippen LogP contribution in [0.4, 0.5) is 17.1 Å². The number of rotatable bonds is 5. The second-order valence-electron chi connectivity index (χ2n) is 17.9. The van der Waals surface area contributed by atoms with Gasteiger partial charge in [-0.15, -0.1) is 0 Å². The van der Waals surface area contributed by atoms with Crippen LogP contribution >= 0.6 is 0 Å². The van der Waals surface area contributed by atoms with Crippen LogP contribution in [-0.2, 0) is 5.41 Å². The number of benzene rings is 12. The van der Waals surface area contributed by atoms with Gasteiger partial charge in [0.25, 0.3) is 0 Å². The van der Waals surface area contributed by atoms with Gasteiger partial charge in [-0.2, -0.15) is 0 Å². The maximum atomic E-state index is 2.58. The summed E-state index contributed by atoms with van der Waals surface area (Å²) in [6.07, 6.45) is 0. The fraction of sp³-hybridized carbons (Fsp3) is 0.0154. The average Bonchev–Trinajstić information content (AvgIpc) is 3.39. The molecule has 0 saturated heterocycles. The first-order valence-corrected chi connectivity index (χ1v) is 23.0. The topological polar surface area (TPSA) is 3.24 Å². The summed E-state index contributed by atoms with van der Waals surface area (Å²) in [5, 5.41) is 9.90. The molecule has 306 valence electrons. The minimum atomic E-state index is -0.630. The van der Waals surface area contributed by atoms with Crippen LogP contribution in [-0.4, -0.2) is 0 Å². The van der Waals surface area contributed by atoms with Crippen molar-refractivity contribution in [2.75, 3.05) is 4.90 Å². The quantitative estimate of drug-likeness (QED) is 0.167. The molecule has 2 aliphatic rings. The van der Waals surface area contributed by atoms with E-state index in [2.05, 4.69) is 254 Å². The van der Waals surface area contributed by atoms with Crippen LogP contribution in [0.15, 0.2) is 249 Å². The number of nitrogens with zero attached hydrogens (tertiary/aromatic N) is 1. The highest BCUT2D eigenvalue weighted by Crippen LogP contribution is 2.62. The Balaban J connectivity index is 1.15. The van der Waals surface area contributed by atoms with Crippen molar-refractivity contribution in [2.24, 2.45) is 0 Å². The van der Waals surface area contributed by atoms with Crippen LogP contribution in [0.1, 0.15) is 22.3 Å². The second kappa shape index (κ2) is 14.2. The van der Waals surface area contributed by atoms with E-state index in [1.807, 2.05) is 0 Å². The highest BCUT2D eigenvalue weighted by Gasteiger charge is 2.49. The van der Waals surface area contributed by atoms with E-state index in [1.54, 1.807) is 0 Å². The van der Waals surface area contributed by atoms with E-state index in [0.717, 1.165) is 17.1 Å². The Kier molecular flexibility index (Phi) is 7.97. The minimum absolute atomic E-state index is 0.630. The number of hydrogen-bond donors (Lipinski definition) is 0. The Morgan fingerprint density at radius 1 is 0.258 bits per heavy atom. The first-order valence-electron chi connectivity index (χ1n) is 23.0. The van der Waals surface area contributed by atoms with Gasteiger partial charge in [-0.05, 0) is 106 Å². The Labute approximate surface area is 384 Å². The van der Waals surface area contributed by atoms with Gasteiger partial charge in [0.1, 0.15) is 0 Å². The number of anilines is 3. The molecule has 14 rings (SSSR count). The molecule has 0 saturated carbocycles. The summed E-state index contributed by atoms with van der Waals surface area (Å²) in [5.41, 5.74) is 18.0. The average molecular weight is 836 g/mol. The molecule has 0 fully saturated rings. The standard InChI is InChI=1S/C65H41N/c1-3-17-42(18-4-1)47-36-38-52-53-29-13-24-46-25-14-32-57(62(46)53)65(59(52)41-47)56-31-12-11-28-51(56)54-39-40-61(55-30-16-33-58(65)63(54)55)66(60-34-15-23-43-21-7-9-26-48(43)60)64-49-27-10-8-22-45(49)35-37-50(64)44-19-5-2-6-20-44/h1-41H. The van der Waals surface area contributed by atoms with Crippen molar-refractivity contribution >= 4 is 60.2 Å². The monoisotopic (exact) mass is 835 g/mol. The minimum Gasteiger partial charge on any atom is -0.308 e. The van der Waals surface area contributed by atoms with Crippen molar-refractivity contribution < 1.29 is 0 Å². The molecule has 12 aromatic carbocycles. The highest BCUT2D eigenvalue weighted by molar-refractivity contribution is 6.17. The van der Waals surface area contributed by atoms with Crippen molar-refractivity contribution in [1.82, 2.24) is 0 Å². The summed E-state index contributed by atoms with van der Waals surface area (Å²) in [6.45, 7) is 0. The third-order valence-corrected chi connectivity index (χ3v) is 14.6. The molecule has 2 aliphatic carbocycles. The van der Waals surface area contributed by atoms with Crippen molar-refractivity contribution in [3.63, 3.8) is 0 Å². The van der Waals surface area contributed by atoms with Crippen LogP contribution < -0.4 is 4.90 Å². The largest absolute Gasteiger partial charge is 0.308 e. The molecule has 1 atom stereocenters. The van der Waals surface area contributed by atoms with E-state index in [0.29, 0.717) is 0 Å². The third-order valence-electron chi connectivity index (χ3n) is 14.6. The smallest absolute Gasteiger partial charge is 0.0726 e. The summed E-state index contributed by atoms with van der Waals surface area (Å²) >= 11 is 0. The van der Waals surface area contributed by atoms with E-state index >= 15 is 0 Å². The second-order valence-corrected chi connectivity index (χ2v) is 17.9. The molecule has 0 heterocycles. The Morgan fingerprint density at radius 2 is 0.773 bits per heavy atom. The van der Waals surface area contributed by atoms with Gasteiger partial charge in [0.2, 0.25) is 0 Å². The van der Waals surface area contributed by atoms with E-state index in [9.17, 15) is 0 Å². The normalized spacial score (nSPS) is 14.4. The number of hydrogen-bond acceptors (Lipinski definition) is 1. The third kappa shape index (κ3) is 5.11. The van der Waals surface area contributed by atoms with E-state index in [1.165, 1.54) is 110 Å². The summed E-state index contributed by atoms with van der Waals surface area (Å²) in [4.78, 5) is 2.58. The van der Waals surface area contributed by atoms with Gasteiger partial charge in [-0.3, -0.25) is 0 Å². The fourth-order valence-corrected chi connectivity index (χ4v) is 11.9. The van der Waals surface area contributed by atoms with Crippen LogP contribution in [0.3, 0.4) is 0 Å². The van der Waals surface area contributed by atoms with Crippen LogP contribution in [0.5, 0.6) is 0 Å². The molecule has 66 heavy (non-hydrogen) atoms. The Bertz CT molecular complexity index is 3930. The van der Waals surface area contributed by atoms with Crippen LogP contribution in [0.25, 0.3) is 87.6 Å². The lowest BCUT2D eigenvalue weighted by molar-refractivity contribution is 0.755. The zero-order valence-electron chi connectivity index (χ0n) is 36.1. The van der Waals surface area contributed by atoms with E-state index in [-0.39, 0.29) is 0 Å². The van der Waals surface area contributed by atoms with Crippen molar-refractivity contribution in [1.29, 1.82) is 0 Å². The zero-order valence-corrected chi connectivity index (χ0v) is 36.1. The Morgan fingerprint density at radius 3 is 1.61 bits per heavy atom. The van der Waals surface area contributed by atoms with Gasteiger partial charge >= 0.3 is 0 Å². The van der Waals surface area contributed by atoms with Crippen molar-refractivity contribution in [3.05, 3.63) is 271 Å². The van der Waals surface area contributed by atoms with Gasteiger partial charge < -0.3 is 4.90 Å². The van der Waals surface area contributed by atoms with Gasteiger partial charge in [-0.25, -0.2) is 0 Å². The highest BCUT2D eigenvalue weighted by atomic mass is 15.1. The molecule has 0 amide bonds. The molecule has 12 aromatic rings. The van der Waals surface area contributed by atoms with E-state index < -0.39 is 5.41 Å². The lowest BCUT2D eigenvalue weighted by atomic mass is 9.55. The predicted molar refractivity (Wildman–Crippen MR) is 278 cm³/mol. The van der Waals surface area contributed by atoms with Gasteiger partial charge in [0.15, 0.2) is 0 Å². The maximum absolute atomic E-state index is 2.58. The molecular weight excluding hydrogens is 795 g/mol. The van der Waals surface area contributed by atoms with Gasteiger partial charge in [-0.1, -0.05) is 231 Å². The molecule has 1 spiro atoms. The van der Waals surface area contributed by atoms with Crippen LogP contribution in [0.2, 0.25) is 0 Å². The van der Waals surface area contributed by atoms with E-state index in [4.69, 9.17) is 0 Å². The van der Waals surface area contributed by atoms with Crippen molar-refractivity contribution in [3.8, 4) is 44.5 Å². The lowest BCUT2D eigenvalue weighted by Crippen LogP contribution is -2.36. The summed E-state index contributed by atoms with van der Waals surface area (Å²) < 4.78 is 0. The molecule has 1 nitrogen and oxygen atoms in total. The predicted octanol–water partition coefficient (Wildman–Crippen LogP) is 17.4. The van der Waals surface area contributed by atoms with Crippen LogP contribution in [0, 0.1) is 0 Å². The molecule has 1 heteroatoms. The molecule has 0 aromatic heterocycles. The summed E-state index contributed by atoms with van der Waals surface area (Å²) in [6, 6.07) is 93.1. The lowest BCUT2D eigenvalue weighted by Gasteiger charge is -2.46. The SMILES string of the molecule is c1ccc(-c2ccc3c(c2)C2(c4ccccc4-c4ccc(N(c5cccc6ccccc56)c5c(-c6ccccc6)ccc6ccccc56)c5cccc2c45)c2cccc4cccc-3c24)cc1. The molecule has 0 radical (unpaired) electrons. The molecule has 0 N–H and O–H groups in total. The molecule has 0 aliphatic heterocycles. The first-order chi connectivity index (χ1) is 32.8. The van der Waals surface area contributed by atoms with Gasteiger partial charge in [0, 0.05) is 21.7 Å². The summed E-state index contributed by atoms with van der Waals surface area (Å²) in [7, 11) is 0. The van der Waals surface area contributed by atoms with Crippen molar-refractivity contribution in [2.45, 2.75) is 5.41 Å². The fourth-order valence-electron chi connectivity index (χ4n) is 11.9. The number of fused-ring (bicyclic) bond motifs is 10. The molecule has 0 bridgehead atoms. The maximum Gasteiger partial charge on any atom is 0.0726 e. The molecular formula is C65H41N. The zero-order chi connectivity index (χ0) is 43.3.